The van der Waals surface area contributed by atoms with Gasteiger partial charge in [-0.2, -0.15) is 0 Å². The number of amides is 1. The summed E-state index contributed by atoms with van der Waals surface area (Å²) in [6, 6.07) is 3.09. The highest BCUT2D eigenvalue weighted by Gasteiger charge is 2.18. The quantitative estimate of drug-likeness (QED) is 0.844. The van der Waals surface area contributed by atoms with E-state index in [-0.39, 0.29) is 16.8 Å². The van der Waals surface area contributed by atoms with Crippen LogP contribution in [0, 0.1) is 13.8 Å². The maximum atomic E-state index is 12.3. The van der Waals surface area contributed by atoms with Crippen LogP contribution < -0.4 is 10.5 Å². The normalized spacial score (nSPS) is 13.0. The number of rotatable bonds is 6. The number of nitrogens with two attached hydrogens (primary N) is 1. The highest BCUT2D eigenvalue weighted by molar-refractivity contribution is 7.89. The van der Waals surface area contributed by atoms with Crippen molar-refractivity contribution in [2.24, 2.45) is 5.14 Å². The molecule has 1 aromatic rings. The number of carbonyl (C=O) groups excluding carboxylic acids is 1. The Kier molecular flexibility index (Phi) is 5.92. The number of hydrogen-bond donors (Lipinski definition) is 2. The van der Waals surface area contributed by atoms with Crippen molar-refractivity contribution in [3.8, 4) is 0 Å². The van der Waals surface area contributed by atoms with Crippen LogP contribution in [0.5, 0.6) is 0 Å². The van der Waals surface area contributed by atoms with Crippen LogP contribution in [0.3, 0.4) is 0 Å². The van der Waals surface area contributed by atoms with Gasteiger partial charge >= 0.3 is 0 Å². The van der Waals surface area contributed by atoms with E-state index in [4.69, 9.17) is 5.14 Å². The summed E-state index contributed by atoms with van der Waals surface area (Å²) in [4.78, 5) is 12.3. The Morgan fingerprint density at radius 1 is 1.29 bits per heavy atom. The van der Waals surface area contributed by atoms with E-state index in [2.05, 4.69) is 12.2 Å². The van der Waals surface area contributed by atoms with Gasteiger partial charge in [-0.25, -0.2) is 13.6 Å². The number of carbonyl (C=O) groups is 1. The molecule has 1 amide bonds. The first-order valence-electron chi connectivity index (χ1n) is 7.11. The lowest BCUT2D eigenvalue weighted by atomic mass is 10.0. The summed E-state index contributed by atoms with van der Waals surface area (Å²) in [7, 11) is -3.83. The zero-order valence-corrected chi connectivity index (χ0v) is 13.9. The van der Waals surface area contributed by atoms with Gasteiger partial charge < -0.3 is 5.32 Å². The van der Waals surface area contributed by atoms with Crippen LogP contribution in [0.4, 0.5) is 0 Å². The lowest BCUT2D eigenvalue weighted by Gasteiger charge is -2.16. The summed E-state index contributed by atoms with van der Waals surface area (Å²) in [6.07, 6.45) is 3.01. The molecule has 1 atom stereocenters. The number of primary sulfonamides is 1. The molecule has 0 aromatic heterocycles. The van der Waals surface area contributed by atoms with Crippen molar-refractivity contribution in [2.45, 2.75) is 57.9 Å². The van der Waals surface area contributed by atoms with Crippen LogP contribution >= 0.6 is 0 Å². The molecule has 21 heavy (non-hydrogen) atoms. The van der Waals surface area contributed by atoms with Crippen LogP contribution in [0.2, 0.25) is 0 Å². The fraction of sp³-hybridized carbons (Fsp3) is 0.533. The van der Waals surface area contributed by atoms with E-state index in [0.717, 1.165) is 24.8 Å². The van der Waals surface area contributed by atoms with Gasteiger partial charge in [0.2, 0.25) is 10.0 Å². The topological polar surface area (TPSA) is 89.3 Å². The number of benzene rings is 1. The number of hydrogen-bond acceptors (Lipinski definition) is 3. The van der Waals surface area contributed by atoms with Crippen molar-refractivity contribution in [2.75, 3.05) is 0 Å². The van der Waals surface area contributed by atoms with Crippen molar-refractivity contribution in [1.29, 1.82) is 0 Å². The van der Waals surface area contributed by atoms with Crippen LogP contribution in [-0.2, 0) is 10.0 Å². The minimum Gasteiger partial charge on any atom is -0.350 e. The van der Waals surface area contributed by atoms with Crippen molar-refractivity contribution in [3.05, 3.63) is 28.8 Å². The third kappa shape index (κ3) is 4.82. The Balaban J connectivity index is 3.05. The summed E-state index contributed by atoms with van der Waals surface area (Å²) in [6.45, 7) is 7.48. The zero-order valence-electron chi connectivity index (χ0n) is 13.1. The lowest BCUT2D eigenvalue weighted by molar-refractivity contribution is 0.0937. The Morgan fingerprint density at radius 3 is 2.43 bits per heavy atom. The molecule has 1 rings (SSSR count). The predicted molar refractivity (Wildman–Crippen MR) is 83.7 cm³/mol. The van der Waals surface area contributed by atoms with Gasteiger partial charge in [-0.1, -0.05) is 25.8 Å². The fourth-order valence-electron chi connectivity index (χ4n) is 2.27. The van der Waals surface area contributed by atoms with Crippen LogP contribution in [-0.4, -0.2) is 20.4 Å². The average molecular weight is 312 g/mol. The largest absolute Gasteiger partial charge is 0.350 e. The number of sulfonamides is 1. The second-order valence-corrected chi connectivity index (χ2v) is 7.02. The van der Waals surface area contributed by atoms with Gasteiger partial charge in [0.05, 0.1) is 4.90 Å². The van der Waals surface area contributed by atoms with E-state index in [1.54, 1.807) is 19.9 Å². The van der Waals surface area contributed by atoms with E-state index in [1.807, 2.05) is 6.92 Å². The second kappa shape index (κ2) is 7.04. The van der Waals surface area contributed by atoms with Crippen LogP contribution in [0.15, 0.2) is 17.0 Å². The molecule has 0 aliphatic rings. The summed E-state index contributed by atoms with van der Waals surface area (Å²) in [5.41, 5.74) is 1.64. The maximum absolute atomic E-state index is 12.3. The average Bonchev–Trinajstić information content (AvgIpc) is 2.34. The van der Waals surface area contributed by atoms with E-state index in [0.29, 0.717) is 11.1 Å². The number of unbranched alkanes of at least 4 members (excludes halogenated alkanes) is 1. The first-order chi connectivity index (χ1) is 9.66. The Bertz CT molecular complexity index is 624. The van der Waals surface area contributed by atoms with Gasteiger partial charge in [0.1, 0.15) is 0 Å². The molecule has 0 heterocycles. The first-order valence-corrected chi connectivity index (χ1v) is 8.66. The minimum atomic E-state index is -3.83. The third-order valence-electron chi connectivity index (χ3n) is 3.44. The Hall–Kier alpha value is -1.40. The highest BCUT2D eigenvalue weighted by atomic mass is 32.2. The molecule has 118 valence electrons. The van der Waals surface area contributed by atoms with Crippen LogP contribution in [0.1, 0.15) is 54.6 Å². The monoisotopic (exact) mass is 312 g/mol. The van der Waals surface area contributed by atoms with Gasteiger partial charge in [-0.15, -0.1) is 0 Å². The molecule has 5 nitrogen and oxygen atoms in total. The summed E-state index contributed by atoms with van der Waals surface area (Å²) >= 11 is 0. The predicted octanol–water partition coefficient (Wildman–Crippen LogP) is 2.26. The molecule has 0 saturated carbocycles. The van der Waals surface area contributed by atoms with Crippen LogP contribution in [0.25, 0.3) is 0 Å². The lowest BCUT2D eigenvalue weighted by Crippen LogP contribution is -2.33. The Labute approximate surface area is 127 Å². The van der Waals surface area contributed by atoms with E-state index in [1.165, 1.54) is 6.07 Å². The zero-order chi connectivity index (χ0) is 16.2. The SMILES string of the molecule is CCCCC(C)NC(=O)c1cc(S(N)(=O)=O)c(C)cc1C. The molecule has 1 aromatic carbocycles. The van der Waals surface area contributed by atoms with Crippen molar-refractivity contribution in [3.63, 3.8) is 0 Å². The number of nitrogens with one attached hydrogen (secondary N) is 1. The van der Waals surface area contributed by atoms with Crippen molar-refractivity contribution < 1.29 is 13.2 Å². The van der Waals surface area contributed by atoms with E-state index in [9.17, 15) is 13.2 Å². The molecule has 1 unspecified atom stereocenters. The standard InChI is InChI=1S/C15H24N2O3S/c1-5-6-7-12(4)17-15(18)13-9-14(21(16,19)20)11(3)8-10(13)2/h8-9,12H,5-7H2,1-4H3,(H,17,18)(H2,16,19,20). The van der Waals surface area contributed by atoms with Crippen molar-refractivity contribution in [1.82, 2.24) is 5.32 Å². The molecule has 0 radical (unpaired) electrons. The summed E-state index contributed by atoms with van der Waals surface area (Å²) in [5.74, 6) is -0.263. The third-order valence-corrected chi connectivity index (χ3v) is 4.49. The van der Waals surface area contributed by atoms with Crippen molar-refractivity contribution >= 4 is 15.9 Å². The van der Waals surface area contributed by atoms with Gasteiger partial charge in [0.15, 0.2) is 0 Å². The molecule has 0 saturated heterocycles. The number of aryl methyl sites for hydroxylation is 2. The molecule has 6 heteroatoms. The van der Waals surface area contributed by atoms with Gasteiger partial charge in [-0.3, -0.25) is 4.79 Å². The van der Waals surface area contributed by atoms with Gasteiger partial charge in [0, 0.05) is 11.6 Å². The Morgan fingerprint density at radius 2 is 1.90 bits per heavy atom. The molecule has 0 spiro atoms. The van der Waals surface area contributed by atoms with E-state index < -0.39 is 10.0 Å². The second-order valence-electron chi connectivity index (χ2n) is 5.49. The summed E-state index contributed by atoms with van der Waals surface area (Å²) in [5, 5.41) is 8.08. The minimum absolute atomic E-state index is 0.000499. The highest BCUT2D eigenvalue weighted by Crippen LogP contribution is 2.19. The molecular formula is C15H24N2O3S. The van der Waals surface area contributed by atoms with E-state index >= 15 is 0 Å². The molecule has 0 aliphatic carbocycles. The molecular weight excluding hydrogens is 288 g/mol. The van der Waals surface area contributed by atoms with Gasteiger partial charge in [-0.05, 0) is 44.4 Å². The fourth-order valence-corrected chi connectivity index (χ4v) is 3.06. The molecule has 0 aliphatic heterocycles. The summed E-state index contributed by atoms with van der Waals surface area (Å²) < 4.78 is 23.1. The van der Waals surface area contributed by atoms with Gasteiger partial charge in [0.25, 0.3) is 5.91 Å². The molecule has 0 fully saturated rings. The maximum Gasteiger partial charge on any atom is 0.251 e. The molecule has 0 bridgehead atoms. The first kappa shape index (κ1) is 17.7. The molecule has 3 N–H and O–H groups in total. The smallest absolute Gasteiger partial charge is 0.251 e.